The van der Waals surface area contributed by atoms with Crippen LogP contribution in [-0.2, 0) is 10.0 Å². The van der Waals surface area contributed by atoms with E-state index in [9.17, 15) is 13.2 Å². The van der Waals surface area contributed by atoms with Gasteiger partial charge in [-0.3, -0.25) is 0 Å². The maximum atomic E-state index is 12.2. The number of carboxylic acids is 1. The number of aromatic amines is 1. The second kappa shape index (κ2) is 4.71. The third-order valence-corrected chi connectivity index (χ3v) is 4.96. The normalized spacial score (nSPS) is 21.3. The van der Waals surface area contributed by atoms with Gasteiger partial charge in [0.2, 0.25) is 10.0 Å². The molecule has 0 bridgehead atoms. The number of carboxylic acid groups (broad SMARTS) is 1. The van der Waals surface area contributed by atoms with Crippen molar-refractivity contribution in [2.24, 2.45) is 0 Å². The van der Waals surface area contributed by atoms with Crippen molar-refractivity contribution in [3.8, 4) is 0 Å². The van der Waals surface area contributed by atoms with Crippen molar-refractivity contribution in [2.75, 3.05) is 13.2 Å². The van der Waals surface area contributed by atoms with Gasteiger partial charge in [0.25, 0.3) is 0 Å². The minimum Gasteiger partial charge on any atom is -0.477 e. The van der Waals surface area contributed by atoms with E-state index in [2.05, 4.69) is 4.98 Å². The quantitative estimate of drug-likeness (QED) is 0.707. The lowest BCUT2D eigenvalue weighted by molar-refractivity contribution is 0.0691. The lowest BCUT2D eigenvalue weighted by atomic mass is 10.2. The summed E-state index contributed by atoms with van der Waals surface area (Å²) in [6.07, 6.45) is 2.47. The van der Waals surface area contributed by atoms with Crippen LogP contribution in [0.2, 0.25) is 0 Å². The van der Waals surface area contributed by atoms with Crippen molar-refractivity contribution < 1.29 is 23.4 Å². The summed E-state index contributed by atoms with van der Waals surface area (Å²) in [5.41, 5.74) is -0.173. The topological polar surface area (TPSA) is 111 Å². The smallest absolute Gasteiger partial charge is 0.352 e. The average Bonchev–Trinajstić information content (AvgIpc) is 2.98. The number of aliphatic hydroxyl groups is 1. The van der Waals surface area contributed by atoms with E-state index in [-0.39, 0.29) is 17.2 Å². The monoisotopic (exact) mass is 274 g/mol. The van der Waals surface area contributed by atoms with Crippen molar-refractivity contribution in [1.29, 1.82) is 0 Å². The van der Waals surface area contributed by atoms with Gasteiger partial charge in [-0.1, -0.05) is 0 Å². The molecule has 0 aromatic carbocycles. The molecule has 8 heteroatoms. The van der Waals surface area contributed by atoms with Crippen molar-refractivity contribution in [1.82, 2.24) is 9.29 Å². The van der Waals surface area contributed by atoms with Crippen LogP contribution >= 0.6 is 0 Å². The summed E-state index contributed by atoms with van der Waals surface area (Å²) in [5.74, 6) is -1.21. The molecule has 0 amide bonds. The molecule has 2 rings (SSSR count). The highest BCUT2D eigenvalue weighted by Gasteiger charge is 2.35. The van der Waals surface area contributed by atoms with Crippen LogP contribution in [0.5, 0.6) is 0 Å². The first-order valence-corrected chi connectivity index (χ1v) is 6.95. The molecule has 1 aromatic rings. The Morgan fingerprint density at radius 1 is 1.56 bits per heavy atom. The minimum atomic E-state index is -3.73. The number of nitrogens with one attached hydrogen (secondary N) is 1. The Labute approximate surface area is 104 Å². The summed E-state index contributed by atoms with van der Waals surface area (Å²) < 4.78 is 25.7. The summed E-state index contributed by atoms with van der Waals surface area (Å²) >= 11 is 0. The number of carbonyl (C=O) groups is 1. The van der Waals surface area contributed by atoms with Crippen LogP contribution < -0.4 is 0 Å². The van der Waals surface area contributed by atoms with Gasteiger partial charge in [-0.2, -0.15) is 4.31 Å². The van der Waals surface area contributed by atoms with E-state index >= 15 is 0 Å². The van der Waals surface area contributed by atoms with E-state index < -0.39 is 22.0 Å². The van der Waals surface area contributed by atoms with Gasteiger partial charge in [0, 0.05) is 18.8 Å². The molecule has 0 unspecified atom stereocenters. The third kappa shape index (κ3) is 2.14. The number of H-pyrrole nitrogens is 1. The van der Waals surface area contributed by atoms with Crippen LogP contribution in [0.4, 0.5) is 0 Å². The molecule has 2 heterocycles. The molecular weight excluding hydrogens is 260 g/mol. The van der Waals surface area contributed by atoms with E-state index in [0.29, 0.717) is 19.4 Å². The summed E-state index contributed by atoms with van der Waals surface area (Å²) in [4.78, 5) is 13.0. The molecular formula is C10H14N2O5S. The predicted octanol–water partition coefficient (Wildman–Crippen LogP) is -0.142. The zero-order valence-electron chi connectivity index (χ0n) is 9.54. The summed E-state index contributed by atoms with van der Waals surface area (Å²) in [6, 6.07) is 0.669. The van der Waals surface area contributed by atoms with Crippen molar-refractivity contribution in [2.45, 2.75) is 23.8 Å². The minimum absolute atomic E-state index is 0.0831. The Bertz CT molecular complexity index is 550. The van der Waals surface area contributed by atoms with Crippen LogP contribution in [0.1, 0.15) is 23.3 Å². The number of nitrogens with zero attached hydrogens (tertiary/aromatic N) is 1. The number of hydrogen-bond donors (Lipinski definition) is 3. The molecule has 0 spiro atoms. The van der Waals surface area contributed by atoms with Crippen molar-refractivity contribution in [3.05, 3.63) is 18.0 Å². The molecule has 3 N–H and O–H groups in total. The molecule has 7 nitrogen and oxygen atoms in total. The number of hydrogen-bond acceptors (Lipinski definition) is 4. The van der Waals surface area contributed by atoms with E-state index in [4.69, 9.17) is 10.2 Å². The summed E-state index contributed by atoms with van der Waals surface area (Å²) in [5, 5.41) is 17.9. The zero-order valence-corrected chi connectivity index (χ0v) is 10.4. The van der Waals surface area contributed by atoms with Gasteiger partial charge in [0.15, 0.2) is 0 Å². The average molecular weight is 274 g/mol. The Kier molecular flexibility index (Phi) is 3.42. The van der Waals surface area contributed by atoms with E-state index in [0.717, 1.165) is 12.3 Å². The van der Waals surface area contributed by atoms with E-state index in [1.165, 1.54) is 4.31 Å². The first-order chi connectivity index (χ1) is 8.46. The lowest BCUT2D eigenvalue weighted by Crippen LogP contribution is -2.37. The molecule has 1 saturated heterocycles. The second-order valence-corrected chi connectivity index (χ2v) is 6.04. The van der Waals surface area contributed by atoms with Crippen LogP contribution in [0, 0.1) is 0 Å². The van der Waals surface area contributed by atoms with Gasteiger partial charge in [-0.15, -0.1) is 0 Å². The Hall–Kier alpha value is -1.38. The molecule has 1 aliphatic heterocycles. The molecule has 1 fully saturated rings. The largest absolute Gasteiger partial charge is 0.477 e. The molecule has 1 aliphatic rings. The highest BCUT2D eigenvalue weighted by atomic mass is 32.2. The third-order valence-electron chi connectivity index (χ3n) is 3.03. The molecule has 100 valence electrons. The predicted molar refractivity (Wildman–Crippen MR) is 61.8 cm³/mol. The molecule has 1 atom stereocenters. The fourth-order valence-corrected chi connectivity index (χ4v) is 3.77. The van der Waals surface area contributed by atoms with Gasteiger partial charge in [0.1, 0.15) is 10.6 Å². The van der Waals surface area contributed by atoms with Gasteiger partial charge in [0.05, 0.1) is 6.61 Å². The van der Waals surface area contributed by atoms with Crippen LogP contribution in [0.25, 0.3) is 0 Å². The molecule has 18 heavy (non-hydrogen) atoms. The maximum Gasteiger partial charge on any atom is 0.352 e. The van der Waals surface area contributed by atoms with Gasteiger partial charge in [-0.25, -0.2) is 13.2 Å². The first-order valence-electron chi connectivity index (χ1n) is 5.51. The number of aromatic nitrogens is 1. The number of aliphatic hydroxyl groups excluding tert-OH is 1. The highest BCUT2D eigenvalue weighted by molar-refractivity contribution is 7.89. The summed E-state index contributed by atoms with van der Waals surface area (Å²) in [7, 11) is -3.73. The van der Waals surface area contributed by atoms with Crippen molar-refractivity contribution >= 4 is 16.0 Å². The fraction of sp³-hybridized carbons (Fsp3) is 0.500. The Morgan fingerprint density at radius 2 is 2.28 bits per heavy atom. The highest BCUT2D eigenvalue weighted by Crippen LogP contribution is 2.26. The molecule has 0 aliphatic carbocycles. The van der Waals surface area contributed by atoms with Gasteiger partial charge >= 0.3 is 5.97 Å². The fourth-order valence-electron chi connectivity index (χ4n) is 2.09. The van der Waals surface area contributed by atoms with E-state index in [1.807, 2.05) is 0 Å². The van der Waals surface area contributed by atoms with Crippen LogP contribution in [0.3, 0.4) is 0 Å². The standard InChI is InChI=1S/C10H14N2O5S/c13-6-7-2-1-3-12(7)18(16,17)8-4-9(10(14)15)11-5-8/h4-5,7,11,13H,1-3,6H2,(H,14,15)/t7-/m0/s1. The molecule has 1 aromatic heterocycles. The van der Waals surface area contributed by atoms with Crippen molar-refractivity contribution in [3.63, 3.8) is 0 Å². The first kappa shape index (κ1) is 13.1. The molecule has 0 saturated carbocycles. The number of aromatic carboxylic acids is 1. The van der Waals surface area contributed by atoms with Crippen LogP contribution in [-0.4, -0.2) is 53.1 Å². The second-order valence-electron chi connectivity index (χ2n) is 4.15. The lowest BCUT2D eigenvalue weighted by Gasteiger charge is -2.21. The van der Waals surface area contributed by atoms with E-state index in [1.54, 1.807) is 0 Å². The zero-order chi connectivity index (χ0) is 13.3. The van der Waals surface area contributed by atoms with Crippen LogP contribution in [0.15, 0.2) is 17.2 Å². The summed E-state index contributed by atoms with van der Waals surface area (Å²) in [6.45, 7) is 0.122. The van der Waals surface area contributed by atoms with Gasteiger partial charge < -0.3 is 15.2 Å². The van der Waals surface area contributed by atoms with Gasteiger partial charge in [-0.05, 0) is 18.9 Å². The Morgan fingerprint density at radius 3 is 2.83 bits per heavy atom. The SMILES string of the molecule is O=C(O)c1cc(S(=O)(=O)N2CCC[C@H]2CO)c[nH]1. The number of sulfonamides is 1. The Balaban J connectivity index is 2.32. The maximum absolute atomic E-state index is 12.2. The number of rotatable bonds is 4. The molecule has 0 radical (unpaired) electrons.